The van der Waals surface area contributed by atoms with E-state index in [0.29, 0.717) is 32.7 Å². The molecule has 0 aliphatic carbocycles. The van der Waals surface area contributed by atoms with Gasteiger partial charge in [-0.2, -0.15) is 0 Å². The van der Waals surface area contributed by atoms with Gasteiger partial charge in [-0.05, 0) is 31.5 Å². The van der Waals surface area contributed by atoms with Crippen LogP contribution in [0, 0.1) is 5.41 Å². The molecule has 2 rings (SSSR count). The van der Waals surface area contributed by atoms with E-state index in [1.54, 1.807) is 12.4 Å². The molecule has 1 saturated heterocycles. The van der Waals surface area contributed by atoms with Gasteiger partial charge in [0, 0.05) is 32.1 Å². The van der Waals surface area contributed by atoms with Crippen molar-refractivity contribution in [2.45, 2.75) is 19.4 Å². The van der Waals surface area contributed by atoms with Gasteiger partial charge in [-0.15, -0.1) is 0 Å². The lowest BCUT2D eigenvalue weighted by molar-refractivity contribution is -0.159. The van der Waals surface area contributed by atoms with E-state index in [1.165, 1.54) is 0 Å². The number of carboxylic acids is 1. The van der Waals surface area contributed by atoms with Crippen LogP contribution in [0.1, 0.15) is 18.4 Å². The van der Waals surface area contributed by atoms with E-state index in [9.17, 15) is 9.90 Å². The largest absolute Gasteiger partial charge is 0.481 e. The molecule has 1 unspecified atom stereocenters. The summed E-state index contributed by atoms with van der Waals surface area (Å²) < 4.78 is 5.38. The van der Waals surface area contributed by atoms with Gasteiger partial charge < -0.3 is 14.7 Å². The van der Waals surface area contributed by atoms with Crippen molar-refractivity contribution in [2.75, 3.05) is 26.8 Å². The number of hydrogen-bond donors (Lipinski definition) is 1. The number of carboxylic acid groups (broad SMARTS) is 1. The van der Waals surface area contributed by atoms with Gasteiger partial charge in [0.1, 0.15) is 5.41 Å². The van der Waals surface area contributed by atoms with Crippen LogP contribution in [0.3, 0.4) is 0 Å². The molecule has 1 aromatic rings. The second-order valence-electron chi connectivity index (χ2n) is 5.28. The number of aliphatic carboxylic acids is 1. The van der Waals surface area contributed by atoms with Crippen LogP contribution in [0.25, 0.3) is 0 Å². The fourth-order valence-corrected chi connectivity index (χ4v) is 2.59. The van der Waals surface area contributed by atoms with Crippen molar-refractivity contribution in [3.05, 3.63) is 30.1 Å². The van der Waals surface area contributed by atoms with Crippen LogP contribution < -0.4 is 0 Å². The van der Waals surface area contributed by atoms with Crippen molar-refractivity contribution in [1.82, 2.24) is 9.88 Å². The Bertz CT molecular complexity index is 416. The molecule has 1 aliphatic rings. The van der Waals surface area contributed by atoms with Crippen molar-refractivity contribution in [3.63, 3.8) is 0 Å². The van der Waals surface area contributed by atoms with Gasteiger partial charge in [0.05, 0.1) is 6.61 Å². The minimum absolute atomic E-state index is 0.305. The highest BCUT2D eigenvalue weighted by Crippen LogP contribution is 2.30. The normalized spacial score (nSPS) is 23.5. The Hall–Kier alpha value is -1.46. The molecule has 19 heavy (non-hydrogen) atoms. The average molecular weight is 264 g/mol. The van der Waals surface area contributed by atoms with E-state index < -0.39 is 11.4 Å². The Morgan fingerprint density at radius 1 is 1.63 bits per heavy atom. The van der Waals surface area contributed by atoms with Crippen molar-refractivity contribution in [2.24, 2.45) is 5.41 Å². The summed E-state index contributed by atoms with van der Waals surface area (Å²) in [5.41, 5.74) is 0.317. The van der Waals surface area contributed by atoms with Gasteiger partial charge in [0.15, 0.2) is 0 Å². The number of rotatable bonds is 5. The van der Waals surface area contributed by atoms with E-state index in [1.807, 2.05) is 24.1 Å². The Kier molecular flexibility index (Phi) is 4.50. The number of pyridine rings is 1. The molecule has 0 radical (unpaired) electrons. The Labute approximate surface area is 113 Å². The van der Waals surface area contributed by atoms with E-state index in [4.69, 9.17) is 4.74 Å². The first-order valence-electron chi connectivity index (χ1n) is 6.51. The van der Waals surface area contributed by atoms with E-state index in [-0.39, 0.29) is 0 Å². The summed E-state index contributed by atoms with van der Waals surface area (Å²) in [6, 6.07) is 3.88. The summed E-state index contributed by atoms with van der Waals surface area (Å²) in [5.74, 6) is -0.759. The quantitative estimate of drug-likeness (QED) is 0.871. The molecule has 1 aliphatic heterocycles. The first kappa shape index (κ1) is 14.0. The third-order valence-corrected chi connectivity index (χ3v) is 3.52. The molecule has 5 nitrogen and oxygen atoms in total. The summed E-state index contributed by atoms with van der Waals surface area (Å²) in [4.78, 5) is 17.6. The van der Waals surface area contributed by atoms with Gasteiger partial charge >= 0.3 is 5.97 Å². The number of carbonyl (C=O) groups is 1. The Morgan fingerprint density at radius 3 is 3.05 bits per heavy atom. The fourth-order valence-electron chi connectivity index (χ4n) is 2.59. The SMILES string of the molecule is CN(Cc1cccnc1)CC1(C(=O)O)CCCOC1. The predicted octanol–water partition coefficient (Wildman–Crippen LogP) is 1.39. The second-order valence-corrected chi connectivity index (χ2v) is 5.28. The molecule has 0 spiro atoms. The number of hydrogen-bond acceptors (Lipinski definition) is 4. The molecule has 1 atom stereocenters. The molecule has 0 amide bonds. The van der Waals surface area contributed by atoms with E-state index in [0.717, 1.165) is 12.0 Å². The highest BCUT2D eigenvalue weighted by atomic mass is 16.5. The van der Waals surface area contributed by atoms with Gasteiger partial charge in [0.25, 0.3) is 0 Å². The lowest BCUT2D eigenvalue weighted by Crippen LogP contribution is -2.47. The maximum Gasteiger partial charge on any atom is 0.313 e. The monoisotopic (exact) mass is 264 g/mol. The zero-order chi connectivity index (χ0) is 13.7. The van der Waals surface area contributed by atoms with Crippen molar-refractivity contribution in [3.8, 4) is 0 Å². The third-order valence-electron chi connectivity index (χ3n) is 3.52. The first-order chi connectivity index (χ1) is 9.12. The van der Waals surface area contributed by atoms with Crippen molar-refractivity contribution < 1.29 is 14.6 Å². The van der Waals surface area contributed by atoms with Gasteiger partial charge in [-0.25, -0.2) is 0 Å². The number of aromatic nitrogens is 1. The van der Waals surface area contributed by atoms with E-state index in [2.05, 4.69) is 4.98 Å². The highest BCUT2D eigenvalue weighted by Gasteiger charge is 2.41. The summed E-state index contributed by atoms with van der Waals surface area (Å²) in [6.07, 6.45) is 5.03. The maximum atomic E-state index is 11.5. The van der Waals surface area contributed by atoms with Crippen LogP contribution in [-0.2, 0) is 16.1 Å². The predicted molar refractivity (Wildman–Crippen MR) is 70.7 cm³/mol. The standard InChI is InChI=1S/C14H20N2O3/c1-16(9-12-4-2-6-15-8-12)10-14(13(17)18)5-3-7-19-11-14/h2,4,6,8H,3,5,7,9-11H2,1H3,(H,17,18). The van der Waals surface area contributed by atoms with Crippen LogP contribution in [-0.4, -0.2) is 47.8 Å². The van der Waals surface area contributed by atoms with E-state index >= 15 is 0 Å². The van der Waals surface area contributed by atoms with Gasteiger partial charge in [0.2, 0.25) is 0 Å². The fraction of sp³-hybridized carbons (Fsp3) is 0.571. The summed E-state index contributed by atoms with van der Waals surface area (Å²) >= 11 is 0. The minimum Gasteiger partial charge on any atom is -0.481 e. The van der Waals surface area contributed by atoms with Crippen LogP contribution >= 0.6 is 0 Å². The van der Waals surface area contributed by atoms with Crippen LogP contribution in [0.5, 0.6) is 0 Å². The molecular formula is C14H20N2O3. The smallest absolute Gasteiger partial charge is 0.313 e. The number of nitrogens with zero attached hydrogens (tertiary/aromatic N) is 2. The average Bonchev–Trinajstić information content (AvgIpc) is 2.40. The lowest BCUT2D eigenvalue weighted by atomic mass is 9.82. The molecule has 104 valence electrons. The molecule has 1 fully saturated rings. The van der Waals surface area contributed by atoms with Crippen LogP contribution in [0.2, 0.25) is 0 Å². The maximum absolute atomic E-state index is 11.5. The second kappa shape index (κ2) is 6.12. The summed E-state index contributed by atoms with van der Waals surface area (Å²) in [6.45, 7) is 2.17. The molecular weight excluding hydrogens is 244 g/mol. The zero-order valence-corrected chi connectivity index (χ0v) is 11.2. The number of ether oxygens (including phenoxy) is 1. The van der Waals surface area contributed by atoms with Crippen LogP contribution in [0.15, 0.2) is 24.5 Å². The molecule has 5 heteroatoms. The first-order valence-corrected chi connectivity index (χ1v) is 6.51. The minimum atomic E-state index is -0.769. The highest BCUT2D eigenvalue weighted by molar-refractivity contribution is 5.75. The molecule has 2 heterocycles. The zero-order valence-electron chi connectivity index (χ0n) is 11.2. The third kappa shape index (κ3) is 3.52. The van der Waals surface area contributed by atoms with Crippen molar-refractivity contribution >= 4 is 5.97 Å². The molecule has 1 aromatic heterocycles. The van der Waals surface area contributed by atoms with Crippen LogP contribution in [0.4, 0.5) is 0 Å². The van der Waals surface area contributed by atoms with Crippen molar-refractivity contribution in [1.29, 1.82) is 0 Å². The molecule has 0 aromatic carbocycles. The Morgan fingerprint density at radius 2 is 2.47 bits per heavy atom. The lowest BCUT2D eigenvalue weighted by Gasteiger charge is -2.36. The van der Waals surface area contributed by atoms with Gasteiger partial charge in [-0.1, -0.05) is 6.07 Å². The Balaban J connectivity index is 1.99. The molecule has 0 bridgehead atoms. The molecule has 0 saturated carbocycles. The van der Waals surface area contributed by atoms with Gasteiger partial charge in [-0.3, -0.25) is 9.78 Å². The summed E-state index contributed by atoms with van der Waals surface area (Å²) in [7, 11) is 1.94. The molecule has 1 N–H and O–H groups in total. The topological polar surface area (TPSA) is 62.7 Å². The summed E-state index contributed by atoms with van der Waals surface area (Å²) in [5, 5.41) is 9.48.